The lowest BCUT2D eigenvalue weighted by Gasteiger charge is -2.08. The van der Waals surface area contributed by atoms with E-state index in [2.05, 4.69) is 10.3 Å². The lowest BCUT2D eigenvalue weighted by Crippen LogP contribution is -2.23. The van der Waals surface area contributed by atoms with Crippen LogP contribution in [-0.4, -0.2) is 18.0 Å². The minimum Gasteiger partial charge on any atom is -0.497 e. The maximum atomic E-state index is 13.9. The summed E-state index contributed by atoms with van der Waals surface area (Å²) in [5.74, 6) is 0.142. The Morgan fingerprint density at radius 1 is 1.04 bits per heavy atom. The summed E-state index contributed by atoms with van der Waals surface area (Å²) in [5, 5.41) is 3.61. The van der Waals surface area contributed by atoms with E-state index in [1.165, 1.54) is 12.1 Å². The number of H-pyrrole nitrogens is 1. The van der Waals surface area contributed by atoms with Crippen LogP contribution in [0, 0.1) is 5.82 Å². The predicted octanol–water partition coefficient (Wildman–Crippen LogP) is 4.91. The number of carbonyl (C=O) groups excluding carboxylic acids is 1. The molecule has 0 radical (unpaired) electrons. The number of methoxy groups -OCH3 is 1. The summed E-state index contributed by atoms with van der Waals surface area (Å²) in [7, 11) is 1.60. The van der Waals surface area contributed by atoms with Crippen LogP contribution in [0.25, 0.3) is 22.0 Å². The number of hydrogen-bond donors (Lipinski definition) is 2. The minimum atomic E-state index is -0.341. The highest BCUT2D eigenvalue weighted by atomic mass is 19.1. The molecule has 0 aliphatic heterocycles. The average molecular weight is 374 g/mol. The predicted molar refractivity (Wildman–Crippen MR) is 108 cm³/mol. The quantitative estimate of drug-likeness (QED) is 0.521. The number of hydrogen-bond acceptors (Lipinski definition) is 2. The Morgan fingerprint density at radius 2 is 1.86 bits per heavy atom. The van der Waals surface area contributed by atoms with Crippen molar-refractivity contribution in [3.05, 3.63) is 89.9 Å². The van der Waals surface area contributed by atoms with E-state index in [9.17, 15) is 9.18 Å². The van der Waals surface area contributed by atoms with Gasteiger partial charge in [0.05, 0.1) is 7.11 Å². The van der Waals surface area contributed by atoms with Crippen molar-refractivity contribution in [3.8, 4) is 16.9 Å². The van der Waals surface area contributed by atoms with Gasteiger partial charge in [0.15, 0.2) is 0 Å². The molecule has 1 heterocycles. The molecule has 1 amide bonds. The highest BCUT2D eigenvalue weighted by molar-refractivity contribution is 6.09. The molecule has 28 heavy (non-hydrogen) atoms. The Kier molecular flexibility index (Phi) is 4.81. The molecular weight excluding hydrogens is 355 g/mol. The van der Waals surface area contributed by atoms with Crippen LogP contribution >= 0.6 is 0 Å². The van der Waals surface area contributed by atoms with Crippen molar-refractivity contribution in [1.29, 1.82) is 0 Å². The second-order valence-electron chi connectivity index (χ2n) is 6.47. The monoisotopic (exact) mass is 374 g/mol. The van der Waals surface area contributed by atoms with Gasteiger partial charge in [0.25, 0.3) is 5.91 Å². The van der Waals surface area contributed by atoms with Crippen LogP contribution < -0.4 is 10.1 Å². The van der Waals surface area contributed by atoms with Gasteiger partial charge in [-0.15, -0.1) is 0 Å². The fourth-order valence-electron chi connectivity index (χ4n) is 3.29. The zero-order chi connectivity index (χ0) is 19.5. The number of aromatic amines is 1. The zero-order valence-electron chi connectivity index (χ0n) is 15.3. The fraction of sp³-hybridized carbons (Fsp3) is 0.0870. The van der Waals surface area contributed by atoms with Gasteiger partial charge in [-0.2, -0.15) is 0 Å². The number of halogens is 1. The number of carbonyl (C=O) groups is 1. The molecule has 1 aromatic heterocycles. The normalized spacial score (nSPS) is 10.8. The van der Waals surface area contributed by atoms with Crippen LogP contribution in [0.3, 0.4) is 0 Å². The van der Waals surface area contributed by atoms with Crippen molar-refractivity contribution in [2.24, 2.45) is 0 Å². The summed E-state index contributed by atoms with van der Waals surface area (Å²) >= 11 is 0. The SMILES string of the molecule is COc1cccc(CNC(=O)c2[nH]c3ccc(F)cc3c2-c2ccccc2)c1. The van der Waals surface area contributed by atoms with E-state index in [1.54, 1.807) is 13.2 Å². The van der Waals surface area contributed by atoms with Crippen molar-refractivity contribution < 1.29 is 13.9 Å². The molecule has 0 spiro atoms. The van der Waals surface area contributed by atoms with Gasteiger partial charge in [-0.3, -0.25) is 4.79 Å². The van der Waals surface area contributed by atoms with Gasteiger partial charge < -0.3 is 15.0 Å². The highest BCUT2D eigenvalue weighted by Crippen LogP contribution is 2.33. The van der Waals surface area contributed by atoms with E-state index in [-0.39, 0.29) is 11.7 Å². The summed E-state index contributed by atoms with van der Waals surface area (Å²) in [6.45, 7) is 0.355. The molecule has 4 nitrogen and oxygen atoms in total. The van der Waals surface area contributed by atoms with E-state index in [0.29, 0.717) is 28.7 Å². The second-order valence-corrected chi connectivity index (χ2v) is 6.47. The zero-order valence-corrected chi connectivity index (χ0v) is 15.3. The molecule has 0 bridgehead atoms. The van der Waals surface area contributed by atoms with E-state index in [1.807, 2.05) is 54.6 Å². The average Bonchev–Trinajstić information content (AvgIpc) is 3.11. The highest BCUT2D eigenvalue weighted by Gasteiger charge is 2.19. The smallest absolute Gasteiger partial charge is 0.268 e. The Hall–Kier alpha value is -3.60. The Morgan fingerprint density at radius 3 is 2.64 bits per heavy atom. The van der Waals surface area contributed by atoms with Crippen molar-refractivity contribution in [2.45, 2.75) is 6.54 Å². The molecule has 0 saturated carbocycles. The topological polar surface area (TPSA) is 54.1 Å². The van der Waals surface area contributed by atoms with E-state index in [0.717, 1.165) is 16.9 Å². The molecule has 2 N–H and O–H groups in total. The molecule has 5 heteroatoms. The molecule has 0 aliphatic rings. The van der Waals surface area contributed by atoms with Crippen LogP contribution in [0.5, 0.6) is 5.75 Å². The van der Waals surface area contributed by atoms with Gasteiger partial charge in [0.2, 0.25) is 0 Å². The van der Waals surface area contributed by atoms with Crippen LogP contribution in [-0.2, 0) is 6.54 Å². The van der Waals surface area contributed by atoms with Gasteiger partial charge >= 0.3 is 0 Å². The van der Waals surface area contributed by atoms with Gasteiger partial charge in [-0.25, -0.2) is 4.39 Å². The molecule has 0 unspecified atom stereocenters. The summed E-state index contributed by atoms with van der Waals surface area (Å²) in [6.07, 6.45) is 0. The molecule has 0 fully saturated rings. The maximum absolute atomic E-state index is 13.9. The van der Waals surface area contributed by atoms with Crippen LogP contribution in [0.15, 0.2) is 72.8 Å². The first kappa shape index (κ1) is 17.8. The molecule has 0 aliphatic carbocycles. The number of benzene rings is 3. The largest absolute Gasteiger partial charge is 0.497 e. The molecule has 4 aromatic rings. The van der Waals surface area contributed by atoms with Gasteiger partial charge in [-0.1, -0.05) is 42.5 Å². The van der Waals surface area contributed by atoms with E-state index < -0.39 is 0 Å². The molecule has 140 valence electrons. The number of fused-ring (bicyclic) bond motifs is 1. The van der Waals surface area contributed by atoms with Crippen molar-refractivity contribution >= 4 is 16.8 Å². The molecular formula is C23H19FN2O2. The fourth-order valence-corrected chi connectivity index (χ4v) is 3.29. The first-order chi connectivity index (χ1) is 13.7. The molecule has 0 atom stereocenters. The molecule has 3 aromatic carbocycles. The summed E-state index contributed by atoms with van der Waals surface area (Å²) < 4.78 is 19.1. The Balaban J connectivity index is 1.70. The second kappa shape index (κ2) is 7.56. The first-order valence-corrected chi connectivity index (χ1v) is 8.93. The van der Waals surface area contributed by atoms with Crippen LogP contribution in [0.1, 0.15) is 16.1 Å². The standard InChI is InChI=1S/C23H19FN2O2/c1-28-18-9-5-6-15(12-18)14-25-23(27)22-21(16-7-3-2-4-8-16)19-13-17(24)10-11-20(19)26-22/h2-13,26H,14H2,1H3,(H,25,27). The summed E-state index contributed by atoms with van der Waals surface area (Å²) in [6, 6.07) is 21.5. The van der Waals surface area contributed by atoms with Crippen LogP contribution in [0.2, 0.25) is 0 Å². The van der Waals surface area contributed by atoms with Gasteiger partial charge in [0.1, 0.15) is 17.3 Å². The lowest BCUT2D eigenvalue weighted by atomic mass is 10.0. The maximum Gasteiger partial charge on any atom is 0.268 e. The molecule has 0 saturated heterocycles. The number of amides is 1. The number of aromatic nitrogens is 1. The number of nitrogens with one attached hydrogen (secondary N) is 2. The summed E-state index contributed by atoms with van der Waals surface area (Å²) in [5.41, 5.74) is 3.60. The Bertz CT molecular complexity index is 1140. The van der Waals surface area contributed by atoms with E-state index in [4.69, 9.17) is 4.74 Å². The van der Waals surface area contributed by atoms with E-state index >= 15 is 0 Å². The van der Waals surface area contributed by atoms with Crippen molar-refractivity contribution in [3.63, 3.8) is 0 Å². The lowest BCUT2D eigenvalue weighted by molar-refractivity contribution is 0.0947. The van der Waals surface area contributed by atoms with Crippen molar-refractivity contribution in [2.75, 3.05) is 7.11 Å². The summed E-state index contributed by atoms with van der Waals surface area (Å²) in [4.78, 5) is 16.1. The van der Waals surface area contributed by atoms with Crippen molar-refractivity contribution in [1.82, 2.24) is 10.3 Å². The minimum absolute atomic E-state index is 0.252. The number of rotatable bonds is 5. The van der Waals surface area contributed by atoms with Crippen LogP contribution in [0.4, 0.5) is 4.39 Å². The van der Waals surface area contributed by atoms with Gasteiger partial charge in [0, 0.05) is 23.0 Å². The molecule has 4 rings (SSSR count). The third kappa shape index (κ3) is 3.47. The Labute approximate surface area is 162 Å². The van der Waals surface area contributed by atoms with Gasteiger partial charge in [-0.05, 0) is 41.5 Å². The third-order valence-electron chi connectivity index (χ3n) is 4.64. The number of ether oxygens (including phenoxy) is 1. The first-order valence-electron chi connectivity index (χ1n) is 8.93. The third-order valence-corrected chi connectivity index (χ3v) is 4.64.